The molecule has 0 aliphatic carbocycles. The van der Waals surface area contributed by atoms with Crippen LogP contribution in [0, 0.1) is 6.57 Å². The van der Waals surface area contributed by atoms with E-state index < -0.39 is 5.60 Å². The van der Waals surface area contributed by atoms with Crippen molar-refractivity contribution in [2.45, 2.75) is 45.1 Å². The van der Waals surface area contributed by atoms with E-state index in [9.17, 15) is 4.79 Å². The lowest BCUT2D eigenvalue weighted by molar-refractivity contribution is 0.0203. The van der Waals surface area contributed by atoms with Crippen LogP contribution in [0.25, 0.3) is 4.85 Å². The van der Waals surface area contributed by atoms with E-state index in [1.807, 2.05) is 20.8 Å². The van der Waals surface area contributed by atoms with Crippen LogP contribution >= 0.6 is 23.1 Å². The van der Waals surface area contributed by atoms with Gasteiger partial charge in [-0.2, -0.15) is 4.37 Å². The van der Waals surface area contributed by atoms with E-state index in [-0.39, 0.29) is 12.0 Å². The molecule has 4 rings (SSSR count). The van der Waals surface area contributed by atoms with E-state index in [1.54, 1.807) is 35.2 Å². The topological polar surface area (TPSA) is 93.8 Å². The van der Waals surface area contributed by atoms with Crippen molar-refractivity contribution in [1.82, 2.24) is 19.2 Å². The first-order valence-electron chi connectivity index (χ1n) is 11.1. The van der Waals surface area contributed by atoms with Gasteiger partial charge in [0.15, 0.2) is 17.3 Å². The standard InChI is InChI=1S/C24H25ClN6O3S/c1-24(2,3)34-23(32)31-11-9-15(10-12-31)20-28-22(35-30-20)29-21-19(13-16(25)14-27-21)33-18-7-5-17(26-4)6-8-18/h5-8,13-15H,9-12H2,1-3H3,(H,27,28,29,30). The molecule has 11 heteroatoms. The molecule has 3 aromatic rings. The number of ether oxygens (including phenoxy) is 2. The van der Waals surface area contributed by atoms with Gasteiger partial charge in [0.25, 0.3) is 0 Å². The zero-order chi connectivity index (χ0) is 25.0. The first-order valence-corrected chi connectivity index (χ1v) is 12.2. The molecule has 0 radical (unpaired) electrons. The van der Waals surface area contributed by atoms with Gasteiger partial charge in [-0.3, -0.25) is 0 Å². The third kappa shape index (κ3) is 6.59. The van der Waals surface area contributed by atoms with Gasteiger partial charge in [-0.1, -0.05) is 23.7 Å². The largest absolute Gasteiger partial charge is 0.454 e. The average molecular weight is 513 g/mol. The van der Waals surface area contributed by atoms with Crippen molar-refractivity contribution in [2.75, 3.05) is 18.4 Å². The molecule has 1 aromatic carbocycles. The van der Waals surface area contributed by atoms with Crippen LogP contribution in [0.5, 0.6) is 11.5 Å². The number of aromatic nitrogens is 3. The first kappa shape index (κ1) is 24.7. The Balaban J connectivity index is 1.40. The molecule has 0 unspecified atom stereocenters. The number of rotatable bonds is 5. The van der Waals surface area contributed by atoms with Crippen molar-refractivity contribution in [3.8, 4) is 11.5 Å². The van der Waals surface area contributed by atoms with Crippen molar-refractivity contribution in [2.24, 2.45) is 0 Å². The Morgan fingerprint density at radius 3 is 2.63 bits per heavy atom. The summed E-state index contributed by atoms with van der Waals surface area (Å²) in [5.41, 5.74) is 0.0167. The Hall–Kier alpha value is -3.42. The van der Waals surface area contributed by atoms with E-state index >= 15 is 0 Å². The maximum absolute atomic E-state index is 12.3. The minimum absolute atomic E-state index is 0.162. The maximum Gasteiger partial charge on any atom is 0.410 e. The molecule has 0 saturated carbocycles. The molecule has 0 atom stereocenters. The number of hydrogen-bond donors (Lipinski definition) is 1. The van der Waals surface area contributed by atoms with Crippen molar-refractivity contribution < 1.29 is 14.3 Å². The quantitative estimate of drug-likeness (QED) is 0.376. The summed E-state index contributed by atoms with van der Waals surface area (Å²) in [4.78, 5) is 26.4. The highest BCUT2D eigenvalue weighted by molar-refractivity contribution is 7.09. The number of halogens is 1. The number of amides is 1. The zero-order valence-electron chi connectivity index (χ0n) is 19.6. The van der Waals surface area contributed by atoms with E-state index in [0.29, 0.717) is 46.2 Å². The highest BCUT2D eigenvalue weighted by Gasteiger charge is 2.29. The van der Waals surface area contributed by atoms with Gasteiger partial charge in [-0.15, -0.1) is 0 Å². The summed E-state index contributed by atoms with van der Waals surface area (Å²) in [5.74, 6) is 2.34. The molecule has 0 bridgehead atoms. The van der Waals surface area contributed by atoms with Gasteiger partial charge >= 0.3 is 6.09 Å². The van der Waals surface area contributed by atoms with Crippen molar-refractivity contribution >= 4 is 45.9 Å². The van der Waals surface area contributed by atoms with Crippen molar-refractivity contribution in [3.63, 3.8) is 0 Å². The van der Waals surface area contributed by atoms with E-state index in [2.05, 4.69) is 24.5 Å². The fourth-order valence-electron chi connectivity index (χ4n) is 3.51. The molecule has 0 spiro atoms. The normalized spacial score (nSPS) is 14.3. The molecule has 182 valence electrons. The summed E-state index contributed by atoms with van der Waals surface area (Å²) in [7, 11) is 0. The van der Waals surface area contributed by atoms with Crippen molar-refractivity contribution in [1.29, 1.82) is 0 Å². The molecule has 3 heterocycles. The predicted octanol–water partition coefficient (Wildman–Crippen LogP) is 6.79. The summed E-state index contributed by atoms with van der Waals surface area (Å²) < 4.78 is 15.9. The third-order valence-corrected chi connectivity index (χ3v) is 6.04. The van der Waals surface area contributed by atoms with Crippen LogP contribution < -0.4 is 10.1 Å². The Kier molecular flexibility index (Phi) is 7.38. The van der Waals surface area contributed by atoms with Gasteiger partial charge in [0.2, 0.25) is 5.13 Å². The Labute approximate surface area is 213 Å². The number of likely N-dealkylation sites (tertiary alicyclic amines) is 1. The molecular weight excluding hydrogens is 488 g/mol. The van der Waals surface area contributed by atoms with Crippen molar-refractivity contribution in [3.05, 3.63) is 58.8 Å². The van der Waals surface area contributed by atoms with Crippen LogP contribution in [0.15, 0.2) is 36.5 Å². The average Bonchev–Trinajstić information content (AvgIpc) is 3.29. The third-order valence-electron chi connectivity index (χ3n) is 5.19. The monoisotopic (exact) mass is 512 g/mol. The minimum Gasteiger partial charge on any atom is -0.454 e. The summed E-state index contributed by atoms with van der Waals surface area (Å²) in [6.07, 6.45) is 2.77. The lowest BCUT2D eigenvalue weighted by atomic mass is 9.96. The predicted molar refractivity (Wildman–Crippen MR) is 135 cm³/mol. The van der Waals surface area contributed by atoms with Gasteiger partial charge in [0.1, 0.15) is 17.2 Å². The Morgan fingerprint density at radius 1 is 1.26 bits per heavy atom. The Morgan fingerprint density at radius 2 is 1.97 bits per heavy atom. The van der Waals surface area contributed by atoms with Gasteiger partial charge < -0.3 is 19.7 Å². The second kappa shape index (κ2) is 10.5. The van der Waals surface area contributed by atoms with E-state index in [4.69, 9.17) is 27.6 Å². The van der Waals surface area contributed by atoms with Gasteiger partial charge in [-0.25, -0.2) is 19.6 Å². The summed E-state index contributed by atoms with van der Waals surface area (Å²) in [5, 5.41) is 4.18. The molecule has 35 heavy (non-hydrogen) atoms. The number of nitrogens with one attached hydrogen (secondary N) is 1. The summed E-state index contributed by atoms with van der Waals surface area (Å²) in [6.45, 7) is 13.9. The fraction of sp³-hybridized carbons (Fsp3) is 0.375. The zero-order valence-corrected chi connectivity index (χ0v) is 21.2. The number of benzene rings is 1. The molecule has 1 fully saturated rings. The van der Waals surface area contributed by atoms with Crippen LogP contribution in [0.3, 0.4) is 0 Å². The van der Waals surface area contributed by atoms with Crippen LogP contribution in [0.4, 0.5) is 21.4 Å². The molecule has 1 aliphatic rings. The maximum atomic E-state index is 12.3. The van der Waals surface area contributed by atoms with Crippen LogP contribution in [0.2, 0.25) is 5.02 Å². The van der Waals surface area contributed by atoms with Gasteiger partial charge in [0.05, 0.1) is 11.6 Å². The highest BCUT2D eigenvalue weighted by atomic mass is 35.5. The van der Waals surface area contributed by atoms with Gasteiger partial charge in [0, 0.05) is 42.8 Å². The molecule has 1 saturated heterocycles. The molecular formula is C24H25ClN6O3S. The highest BCUT2D eigenvalue weighted by Crippen LogP contribution is 2.34. The van der Waals surface area contributed by atoms with E-state index in [1.165, 1.54) is 17.7 Å². The van der Waals surface area contributed by atoms with E-state index in [0.717, 1.165) is 18.7 Å². The number of anilines is 2. The number of carbonyl (C=O) groups is 1. The molecule has 1 aliphatic heterocycles. The number of pyridine rings is 1. The van der Waals surface area contributed by atoms with Crippen LogP contribution in [0.1, 0.15) is 45.4 Å². The number of nitrogens with zero attached hydrogens (tertiary/aromatic N) is 5. The number of carbonyl (C=O) groups excluding carboxylic acids is 1. The second-order valence-electron chi connectivity index (χ2n) is 9.03. The Bertz CT molecular complexity index is 1230. The molecule has 9 nitrogen and oxygen atoms in total. The van der Waals surface area contributed by atoms with Crippen LogP contribution in [-0.2, 0) is 4.74 Å². The lowest BCUT2D eigenvalue weighted by Gasteiger charge is -2.32. The second-order valence-corrected chi connectivity index (χ2v) is 10.2. The smallest absolute Gasteiger partial charge is 0.410 e. The molecule has 1 amide bonds. The molecule has 2 aromatic heterocycles. The van der Waals surface area contributed by atoms with Gasteiger partial charge in [-0.05, 0) is 45.7 Å². The number of hydrogen-bond acceptors (Lipinski definition) is 8. The van der Waals surface area contributed by atoms with Crippen LogP contribution in [-0.4, -0.2) is 44.0 Å². The summed E-state index contributed by atoms with van der Waals surface area (Å²) in [6, 6.07) is 8.45. The summed E-state index contributed by atoms with van der Waals surface area (Å²) >= 11 is 7.37. The SMILES string of the molecule is [C-]#[N+]c1ccc(Oc2cc(Cl)cnc2Nc2nc(C3CCN(C(=O)OC(C)(C)C)CC3)ns2)cc1. The first-order chi connectivity index (χ1) is 16.7. The minimum atomic E-state index is -0.509. The number of piperidine rings is 1. The fourth-order valence-corrected chi connectivity index (χ4v) is 4.30. The lowest BCUT2D eigenvalue weighted by Crippen LogP contribution is -2.41. The molecule has 1 N–H and O–H groups in total.